The van der Waals surface area contributed by atoms with Crippen LogP contribution in [0.15, 0.2) is 65.7 Å². The molecule has 1 saturated heterocycles. The molecule has 118 valence electrons. The molecule has 2 amide bonds. The fourth-order valence-electron chi connectivity index (χ4n) is 2.76. The third-order valence-electron chi connectivity index (χ3n) is 3.92. The first-order valence-corrected chi connectivity index (χ1v) is 8.04. The van der Waals surface area contributed by atoms with E-state index in [1.807, 2.05) is 48.5 Å². The molecule has 1 fully saturated rings. The first-order chi connectivity index (χ1) is 11.3. The molecule has 0 spiro atoms. The van der Waals surface area contributed by atoms with Gasteiger partial charge in [0.25, 0.3) is 0 Å². The summed E-state index contributed by atoms with van der Waals surface area (Å²) in [6.07, 6.45) is 3.09. The van der Waals surface area contributed by atoms with Gasteiger partial charge < -0.3 is 10.2 Å². The van der Waals surface area contributed by atoms with Crippen LogP contribution in [-0.4, -0.2) is 23.3 Å². The number of amides is 2. The molecule has 1 N–H and O–H groups in total. The fourth-order valence-corrected chi connectivity index (χ4v) is 2.76. The van der Waals surface area contributed by atoms with E-state index in [-0.39, 0.29) is 6.03 Å². The third-order valence-corrected chi connectivity index (χ3v) is 3.92. The Kier molecular flexibility index (Phi) is 5.04. The SMILES string of the molecule is O=C(/N=C1\CCCCN1Cc1ccccc1)Nc1ccccc1. The highest BCUT2D eigenvalue weighted by Gasteiger charge is 2.18. The molecule has 4 nitrogen and oxygen atoms in total. The molecule has 0 saturated carbocycles. The summed E-state index contributed by atoms with van der Waals surface area (Å²) in [5.41, 5.74) is 2.01. The Balaban J connectivity index is 1.69. The van der Waals surface area contributed by atoms with Gasteiger partial charge in [-0.15, -0.1) is 0 Å². The molecule has 0 atom stereocenters. The van der Waals surface area contributed by atoms with Crippen LogP contribution in [0.1, 0.15) is 24.8 Å². The number of amidine groups is 1. The standard InChI is InChI=1S/C19H21N3O/c23-19(20-17-11-5-2-6-12-17)21-18-13-7-8-14-22(18)15-16-9-3-1-4-10-16/h1-6,9-12H,7-8,13-15H2,(H,20,23)/b21-18+. The molecule has 1 aliphatic rings. The number of nitrogens with one attached hydrogen (secondary N) is 1. The van der Waals surface area contributed by atoms with E-state index in [9.17, 15) is 4.79 Å². The lowest BCUT2D eigenvalue weighted by molar-refractivity contribution is 0.258. The zero-order chi connectivity index (χ0) is 15.9. The van der Waals surface area contributed by atoms with Gasteiger partial charge in [-0.1, -0.05) is 48.5 Å². The lowest BCUT2D eigenvalue weighted by atomic mass is 10.1. The van der Waals surface area contributed by atoms with Gasteiger partial charge in [-0.25, -0.2) is 4.79 Å². The van der Waals surface area contributed by atoms with E-state index in [0.29, 0.717) is 0 Å². The molecule has 0 bridgehead atoms. The number of para-hydroxylation sites is 1. The monoisotopic (exact) mass is 307 g/mol. The average molecular weight is 307 g/mol. The van der Waals surface area contributed by atoms with E-state index < -0.39 is 0 Å². The smallest absolute Gasteiger partial charge is 0.347 e. The zero-order valence-electron chi connectivity index (χ0n) is 13.1. The van der Waals surface area contributed by atoms with Gasteiger partial charge in [-0.3, -0.25) is 0 Å². The van der Waals surface area contributed by atoms with Crippen LogP contribution in [0.5, 0.6) is 0 Å². The number of benzene rings is 2. The van der Waals surface area contributed by atoms with Crippen LogP contribution in [0, 0.1) is 0 Å². The molecule has 1 aliphatic heterocycles. The van der Waals surface area contributed by atoms with Crippen molar-refractivity contribution in [3.8, 4) is 0 Å². The fraction of sp³-hybridized carbons (Fsp3) is 0.263. The van der Waals surface area contributed by atoms with Gasteiger partial charge in [0, 0.05) is 25.2 Å². The highest BCUT2D eigenvalue weighted by Crippen LogP contribution is 2.16. The Morgan fingerprint density at radius 2 is 1.70 bits per heavy atom. The Morgan fingerprint density at radius 3 is 2.43 bits per heavy atom. The summed E-state index contributed by atoms with van der Waals surface area (Å²) in [7, 11) is 0. The Bertz CT molecular complexity index is 668. The van der Waals surface area contributed by atoms with E-state index >= 15 is 0 Å². The van der Waals surface area contributed by atoms with E-state index in [1.165, 1.54) is 5.56 Å². The lowest BCUT2D eigenvalue weighted by Crippen LogP contribution is -2.35. The highest BCUT2D eigenvalue weighted by atomic mass is 16.2. The summed E-state index contributed by atoms with van der Waals surface area (Å²) < 4.78 is 0. The van der Waals surface area contributed by atoms with Crippen LogP contribution in [-0.2, 0) is 6.54 Å². The molecule has 0 aromatic heterocycles. The molecule has 2 aromatic carbocycles. The highest BCUT2D eigenvalue weighted by molar-refractivity contribution is 6.00. The molecule has 3 rings (SSSR count). The van der Waals surface area contributed by atoms with E-state index in [1.54, 1.807) is 0 Å². The molecule has 23 heavy (non-hydrogen) atoms. The maximum absolute atomic E-state index is 12.2. The first kappa shape index (κ1) is 15.3. The van der Waals surface area contributed by atoms with Crippen LogP contribution < -0.4 is 5.32 Å². The third kappa shape index (κ3) is 4.42. The van der Waals surface area contributed by atoms with Gasteiger partial charge in [0.2, 0.25) is 0 Å². The predicted octanol–water partition coefficient (Wildman–Crippen LogP) is 4.30. The molecule has 0 unspecified atom stereocenters. The van der Waals surface area contributed by atoms with Crippen LogP contribution in [0.4, 0.5) is 10.5 Å². The Labute approximate surface area is 136 Å². The minimum Gasteiger partial charge on any atom is -0.356 e. The molecule has 0 radical (unpaired) electrons. The number of hydrogen-bond acceptors (Lipinski definition) is 1. The minimum absolute atomic E-state index is 0.300. The van der Waals surface area contributed by atoms with Gasteiger partial charge in [-0.2, -0.15) is 4.99 Å². The topological polar surface area (TPSA) is 44.7 Å². The maximum Gasteiger partial charge on any atom is 0.347 e. The number of likely N-dealkylation sites (tertiary alicyclic amines) is 1. The van der Waals surface area contributed by atoms with Crippen molar-refractivity contribution in [3.63, 3.8) is 0 Å². The van der Waals surface area contributed by atoms with Crippen molar-refractivity contribution >= 4 is 17.6 Å². The number of carbonyl (C=O) groups is 1. The van der Waals surface area contributed by atoms with Gasteiger partial charge in [-0.05, 0) is 30.5 Å². The number of aliphatic imine (C=N–C) groups is 1. The van der Waals surface area contributed by atoms with Crippen LogP contribution >= 0.6 is 0 Å². The summed E-state index contributed by atoms with van der Waals surface area (Å²) in [4.78, 5) is 18.7. The second-order valence-electron chi connectivity index (χ2n) is 5.69. The van der Waals surface area contributed by atoms with Gasteiger partial charge in [0.1, 0.15) is 5.84 Å². The number of hydrogen-bond donors (Lipinski definition) is 1. The number of anilines is 1. The normalized spacial score (nSPS) is 16.3. The summed E-state index contributed by atoms with van der Waals surface area (Å²) in [6.45, 7) is 1.75. The van der Waals surface area contributed by atoms with Crippen molar-refractivity contribution in [2.45, 2.75) is 25.8 Å². The lowest BCUT2D eigenvalue weighted by Gasteiger charge is -2.30. The van der Waals surface area contributed by atoms with Gasteiger partial charge in [0.15, 0.2) is 0 Å². The summed E-state index contributed by atoms with van der Waals surface area (Å²) >= 11 is 0. The number of piperidine rings is 1. The summed E-state index contributed by atoms with van der Waals surface area (Å²) in [5, 5.41) is 2.82. The van der Waals surface area contributed by atoms with Crippen molar-refractivity contribution in [1.29, 1.82) is 0 Å². The predicted molar refractivity (Wildman–Crippen MR) is 93.6 cm³/mol. The number of rotatable bonds is 3. The summed E-state index contributed by atoms with van der Waals surface area (Å²) in [6, 6.07) is 19.4. The molecular weight excluding hydrogens is 286 g/mol. The van der Waals surface area contributed by atoms with Crippen LogP contribution in [0.25, 0.3) is 0 Å². The van der Waals surface area contributed by atoms with Crippen molar-refractivity contribution in [1.82, 2.24) is 4.90 Å². The maximum atomic E-state index is 12.2. The largest absolute Gasteiger partial charge is 0.356 e. The van der Waals surface area contributed by atoms with E-state index in [0.717, 1.165) is 43.9 Å². The zero-order valence-corrected chi connectivity index (χ0v) is 13.1. The number of carbonyl (C=O) groups excluding carboxylic acids is 1. The van der Waals surface area contributed by atoms with Crippen molar-refractivity contribution in [2.75, 3.05) is 11.9 Å². The Morgan fingerprint density at radius 1 is 1.00 bits per heavy atom. The van der Waals surface area contributed by atoms with E-state index in [4.69, 9.17) is 0 Å². The van der Waals surface area contributed by atoms with Crippen LogP contribution in [0.2, 0.25) is 0 Å². The average Bonchev–Trinajstić information content (AvgIpc) is 2.58. The Hall–Kier alpha value is -2.62. The minimum atomic E-state index is -0.300. The van der Waals surface area contributed by atoms with Gasteiger partial charge in [0.05, 0.1) is 0 Å². The van der Waals surface area contributed by atoms with E-state index in [2.05, 4.69) is 27.3 Å². The molecule has 1 heterocycles. The summed E-state index contributed by atoms with van der Waals surface area (Å²) in [5.74, 6) is 0.883. The molecule has 2 aromatic rings. The molecular formula is C19H21N3O. The van der Waals surface area contributed by atoms with Crippen molar-refractivity contribution < 1.29 is 4.79 Å². The van der Waals surface area contributed by atoms with Gasteiger partial charge >= 0.3 is 6.03 Å². The second-order valence-corrected chi connectivity index (χ2v) is 5.69. The number of nitrogens with zero attached hydrogens (tertiary/aromatic N) is 2. The molecule has 0 aliphatic carbocycles. The second kappa shape index (κ2) is 7.58. The quantitative estimate of drug-likeness (QED) is 0.918. The van der Waals surface area contributed by atoms with Crippen molar-refractivity contribution in [3.05, 3.63) is 66.2 Å². The molecule has 4 heteroatoms. The van der Waals surface area contributed by atoms with Crippen molar-refractivity contribution in [2.24, 2.45) is 4.99 Å². The van der Waals surface area contributed by atoms with Crippen LogP contribution in [0.3, 0.4) is 0 Å². The first-order valence-electron chi connectivity index (χ1n) is 8.04. The number of urea groups is 1.